The van der Waals surface area contributed by atoms with Gasteiger partial charge in [0.25, 0.3) is 5.56 Å². The SMILES string of the molecule is O=C(CC1CN(c2n[nH]c(=O)c3ccc(Cl)cc23)CCO1)N1CCN(c2ncc(C(F)(F)F)cn2)CC1. The van der Waals surface area contributed by atoms with Gasteiger partial charge in [-0.25, -0.2) is 15.1 Å². The topological polar surface area (TPSA) is 108 Å². The Bertz CT molecular complexity index is 1340. The van der Waals surface area contributed by atoms with Gasteiger partial charge < -0.3 is 19.4 Å². The molecular formula is C23H23ClF3N7O3. The molecule has 14 heteroatoms. The molecule has 0 aliphatic carbocycles. The first-order valence-electron chi connectivity index (χ1n) is 11.7. The normalized spacial score (nSPS) is 18.9. The van der Waals surface area contributed by atoms with Crippen LogP contribution in [0.4, 0.5) is 24.9 Å². The van der Waals surface area contributed by atoms with Gasteiger partial charge in [-0.05, 0) is 18.2 Å². The zero-order valence-corrected chi connectivity index (χ0v) is 20.3. The summed E-state index contributed by atoms with van der Waals surface area (Å²) >= 11 is 6.15. The third kappa shape index (κ3) is 5.47. The van der Waals surface area contributed by atoms with Crippen molar-refractivity contribution in [3.8, 4) is 0 Å². The summed E-state index contributed by atoms with van der Waals surface area (Å²) in [6.45, 7) is 2.93. The fourth-order valence-electron chi connectivity index (χ4n) is 4.51. The quantitative estimate of drug-likeness (QED) is 0.540. The molecule has 2 aromatic heterocycles. The summed E-state index contributed by atoms with van der Waals surface area (Å²) in [5.41, 5.74) is -1.21. The molecule has 1 N–H and O–H groups in total. The summed E-state index contributed by atoms with van der Waals surface area (Å²) in [4.78, 5) is 38.2. The maximum Gasteiger partial charge on any atom is 0.419 e. The van der Waals surface area contributed by atoms with Gasteiger partial charge in [0, 0.05) is 62.1 Å². The summed E-state index contributed by atoms with van der Waals surface area (Å²) in [5, 5.41) is 8.34. The Morgan fingerprint density at radius 3 is 2.51 bits per heavy atom. The van der Waals surface area contributed by atoms with Gasteiger partial charge in [-0.3, -0.25) is 9.59 Å². The van der Waals surface area contributed by atoms with Crippen LogP contribution in [0.1, 0.15) is 12.0 Å². The summed E-state index contributed by atoms with van der Waals surface area (Å²) in [5.74, 6) is 0.692. The summed E-state index contributed by atoms with van der Waals surface area (Å²) in [6.07, 6.45) is -3.18. The highest BCUT2D eigenvalue weighted by Gasteiger charge is 2.32. The lowest BCUT2D eigenvalue weighted by atomic mass is 10.1. The van der Waals surface area contributed by atoms with Crippen LogP contribution in [0.15, 0.2) is 35.4 Å². The fraction of sp³-hybridized carbons (Fsp3) is 0.435. The number of alkyl halides is 3. The molecule has 2 saturated heterocycles. The lowest BCUT2D eigenvalue weighted by Crippen LogP contribution is -2.51. The number of ether oxygens (including phenoxy) is 1. The highest BCUT2D eigenvalue weighted by atomic mass is 35.5. The number of anilines is 2. The highest BCUT2D eigenvalue weighted by molar-refractivity contribution is 6.31. The van der Waals surface area contributed by atoms with Crippen LogP contribution in [0.2, 0.25) is 5.02 Å². The molecule has 37 heavy (non-hydrogen) atoms. The molecule has 5 rings (SSSR count). The Hall–Kier alpha value is -3.45. The molecule has 1 atom stereocenters. The van der Waals surface area contributed by atoms with Crippen molar-refractivity contribution in [2.24, 2.45) is 0 Å². The Labute approximate surface area is 214 Å². The van der Waals surface area contributed by atoms with Gasteiger partial charge in [0.2, 0.25) is 11.9 Å². The van der Waals surface area contributed by atoms with Crippen molar-refractivity contribution in [1.29, 1.82) is 0 Å². The molecule has 2 fully saturated rings. The smallest absolute Gasteiger partial charge is 0.374 e. The monoisotopic (exact) mass is 537 g/mol. The standard InChI is InChI=1S/C23H23ClF3N7O3/c24-15-1-2-17-18(9-15)20(30-31-21(17)36)34-7-8-37-16(13-34)10-19(35)32-3-5-33(6-4-32)22-28-11-14(12-29-22)23(25,26)27/h1-2,9,11-12,16H,3-8,10,13H2,(H,31,36). The highest BCUT2D eigenvalue weighted by Crippen LogP contribution is 2.29. The van der Waals surface area contributed by atoms with Gasteiger partial charge in [0.15, 0.2) is 5.82 Å². The van der Waals surface area contributed by atoms with Crippen LogP contribution >= 0.6 is 11.6 Å². The second-order valence-corrected chi connectivity index (χ2v) is 9.28. The number of nitrogens with one attached hydrogen (secondary N) is 1. The first-order chi connectivity index (χ1) is 17.7. The first-order valence-corrected chi connectivity index (χ1v) is 12.0. The minimum atomic E-state index is -4.49. The predicted octanol–water partition coefficient (Wildman–Crippen LogP) is 2.33. The van der Waals surface area contributed by atoms with Gasteiger partial charge in [-0.1, -0.05) is 11.6 Å². The van der Waals surface area contributed by atoms with E-state index in [9.17, 15) is 22.8 Å². The summed E-state index contributed by atoms with van der Waals surface area (Å²) < 4.78 is 44.1. The maximum absolute atomic E-state index is 13.0. The number of hydrogen-bond acceptors (Lipinski definition) is 8. The van der Waals surface area contributed by atoms with E-state index >= 15 is 0 Å². The van der Waals surface area contributed by atoms with E-state index in [-0.39, 0.29) is 29.9 Å². The molecule has 10 nitrogen and oxygen atoms in total. The van der Waals surface area contributed by atoms with E-state index < -0.39 is 11.7 Å². The van der Waals surface area contributed by atoms with Crippen molar-refractivity contribution in [2.75, 3.05) is 55.7 Å². The van der Waals surface area contributed by atoms with Crippen LogP contribution in [0.3, 0.4) is 0 Å². The van der Waals surface area contributed by atoms with Crippen molar-refractivity contribution in [2.45, 2.75) is 18.7 Å². The van der Waals surface area contributed by atoms with Crippen molar-refractivity contribution < 1.29 is 22.7 Å². The number of rotatable bonds is 4. The summed E-state index contributed by atoms with van der Waals surface area (Å²) in [6, 6.07) is 5.00. The molecule has 1 aromatic carbocycles. The maximum atomic E-state index is 13.0. The lowest BCUT2D eigenvalue weighted by Gasteiger charge is -2.37. The fourth-order valence-corrected chi connectivity index (χ4v) is 4.68. The van der Waals surface area contributed by atoms with Gasteiger partial charge in [0.1, 0.15) is 0 Å². The second kappa shape index (κ2) is 10.1. The van der Waals surface area contributed by atoms with E-state index in [1.807, 2.05) is 4.90 Å². The third-order valence-corrected chi connectivity index (χ3v) is 6.69. The molecule has 1 amide bonds. The molecule has 0 spiro atoms. The molecule has 196 valence electrons. The number of hydrogen-bond donors (Lipinski definition) is 1. The number of carbonyl (C=O) groups is 1. The van der Waals surface area contributed by atoms with E-state index in [0.29, 0.717) is 67.5 Å². The molecule has 0 radical (unpaired) electrons. The summed E-state index contributed by atoms with van der Waals surface area (Å²) in [7, 11) is 0. The predicted molar refractivity (Wildman–Crippen MR) is 130 cm³/mol. The zero-order valence-electron chi connectivity index (χ0n) is 19.5. The number of morpholine rings is 1. The number of H-pyrrole nitrogens is 1. The molecule has 0 saturated carbocycles. The molecule has 2 aliphatic rings. The molecule has 3 aromatic rings. The number of carbonyl (C=O) groups excluding carboxylic acids is 1. The van der Waals surface area contributed by atoms with E-state index in [4.69, 9.17) is 16.3 Å². The number of fused-ring (bicyclic) bond motifs is 1. The minimum Gasteiger partial charge on any atom is -0.374 e. The van der Waals surface area contributed by atoms with Gasteiger partial charge in [0.05, 0.1) is 30.1 Å². The Balaban J connectivity index is 1.19. The Kier molecular flexibility index (Phi) is 6.90. The van der Waals surface area contributed by atoms with Gasteiger partial charge in [-0.15, -0.1) is 0 Å². The average Bonchev–Trinajstić information content (AvgIpc) is 2.88. The Morgan fingerprint density at radius 1 is 1.08 bits per heavy atom. The van der Waals surface area contributed by atoms with Crippen molar-refractivity contribution in [3.05, 3.63) is 51.5 Å². The Morgan fingerprint density at radius 2 is 1.81 bits per heavy atom. The van der Waals surface area contributed by atoms with Gasteiger partial charge >= 0.3 is 6.18 Å². The van der Waals surface area contributed by atoms with Crippen LogP contribution in [0, 0.1) is 0 Å². The van der Waals surface area contributed by atoms with E-state index in [1.54, 1.807) is 28.0 Å². The average molecular weight is 538 g/mol. The van der Waals surface area contributed by atoms with Crippen LogP contribution in [0.5, 0.6) is 0 Å². The van der Waals surface area contributed by atoms with E-state index in [1.165, 1.54) is 0 Å². The number of aromatic amines is 1. The number of benzene rings is 1. The van der Waals surface area contributed by atoms with E-state index in [2.05, 4.69) is 20.2 Å². The number of piperazine rings is 1. The first kappa shape index (κ1) is 25.2. The minimum absolute atomic E-state index is 0.0813. The largest absolute Gasteiger partial charge is 0.419 e. The van der Waals surface area contributed by atoms with Gasteiger partial charge in [-0.2, -0.15) is 18.3 Å². The van der Waals surface area contributed by atoms with Crippen LogP contribution in [-0.2, 0) is 15.7 Å². The molecule has 4 heterocycles. The van der Waals surface area contributed by atoms with Crippen LogP contribution in [0.25, 0.3) is 10.8 Å². The third-order valence-electron chi connectivity index (χ3n) is 6.45. The van der Waals surface area contributed by atoms with Crippen LogP contribution in [-0.4, -0.2) is 83.0 Å². The molecular weight excluding hydrogens is 515 g/mol. The second-order valence-electron chi connectivity index (χ2n) is 8.85. The van der Waals surface area contributed by atoms with Crippen LogP contribution < -0.4 is 15.4 Å². The van der Waals surface area contributed by atoms with E-state index in [0.717, 1.165) is 12.4 Å². The molecule has 0 bridgehead atoms. The lowest BCUT2D eigenvalue weighted by molar-refractivity contribution is -0.138. The van der Waals surface area contributed by atoms with Crippen molar-refractivity contribution in [3.63, 3.8) is 0 Å². The molecule has 1 unspecified atom stereocenters. The van der Waals surface area contributed by atoms with Crippen molar-refractivity contribution >= 4 is 40.0 Å². The number of halogens is 4. The number of amides is 1. The number of aromatic nitrogens is 4. The zero-order chi connectivity index (χ0) is 26.2. The molecule has 2 aliphatic heterocycles. The number of nitrogens with zero attached hydrogens (tertiary/aromatic N) is 6. The van der Waals surface area contributed by atoms with Crippen molar-refractivity contribution in [1.82, 2.24) is 25.1 Å².